The second-order valence-electron chi connectivity index (χ2n) is 7.56. The maximum Gasteiger partial charge on any atom is 0.407 e. The topological polar surface area (TPSA) is 96.6 Å². The molecule has 0 spiro atoms. The zero-order chi connectivity index (χ0) is 21.8. The van der Waals surface area contributed by atoms with Crippen LogP contribution in [0.4, 0.5) is 4.79 Å². The molecule has 4 rings (SSSR count). The third-order valence-corrected chi connectivity index (χ3v) is 6.07. The number of rotatable bonds is 2. The van der Waals surface area contributed by atoms with Gasteiger partial charge in [-0.3, -0.25) is 4.79 Å². The van der Waals surface area contributed by atoms with Gasteiger partial charge in [-0.05, 0) is 31.4 Å². The number of nitrogens with one attached hydrogen (secondary N) is 2. The molecule has 164 valence electrons. The summed E-state index contributed by atoms with van der Waals surface area (Å²) in [6.45, 7) is 1.39. The predicted molar refractivity (Wildman–Crippen MR) is 118 cm³/mol. The summed E-state index contributed by atoms with van der Waals surface area (Å²) in [6.07, 6.45) is 5.13. The number of hydrogen-bond donors (Lipinski definition) is 2. The summed E-state index contributed by atoms with van der Waals surface area (Å²) in [7, 11) is 1.29. The molecule has 2 unspecified atom stereocenters. The van der Waals surface area contributed by atoms with Gasteiger partial charge in [0.15, 0.2) is 0 Å². The number of nitrogens with zero attached hydrogens (tertiary/aromatic N) is 2. The molecule has 8 nitrogen and oxygen atoms in total. The van der Waals surface area contributed by atoms with E-state index in [0.717, 1.165) is 40.1 Å². The number of aromatic nitrogens is 2. The Labute approximate surface area is 189 Å². The van der Waals surface area contributed by atoms with Crippen molar-refractivity contribution in [2.24, 2.45) is 0 Å². The minimum Gasteiger partial charge on any atom is -0.453 e. The molecule has 2 aromatic rings. The largest absolute Gasteiger partial charge is 0.453 e. The Morgan fingerprint density at radius 1 is 1.32 bits per heavy atom. The Morgan fingerprint density at radius 3 is 2.90 bits per heavy atom. The van der Waals surface area contributed by atoms with Crippen LogP contribution in [-0.2, 0) is 20.9 Å². The van der Waals surface area contributed by atoms with Crippen molar-refractivity contribution in [2.75, 3.05) is 20.3 Å². The van der Waals surface area contributed by atoms with Gasteiger partial charge < -0.3 is 24.7 Å². The van der Waals surface area contributed by atoms with Crippen LogP contribution in [0.2, 0.25) is 0 Å². The number of carbonyl (C=O) groups is 2. The Kier molecular flexibility index (Phi) is 6.72. The molecule has 2 atom stereocenters. The smallest absolute Gasteiger partial charge is 0.407 e. The van der Waals surface area contributed by atoms with Gasteiger partial charge in [0.05, 0.1) is 37.8 Å². The summed E-state index contributed by atoms with van der Waals surface area (Å²) >= 11 is 3.47. The number of imidazole rings is 1. The zero-order valence-corrected chi connectivity index (χ0v) is 18.9. The molecule has 2 aliphatic rings. The molecule has 2 bridgehead atoms. The zero-order valence-electron chi connectivity index (χ0n) is 17.3. The van der Waals surface area contributed by atoms with E-state index in [2.05, 4.69) is 26.2 Å². The molecule has 1 fully saturated rings. The third kappa shape index (κ3) is 4.83. The van der Waals surface area contributed by atoms with Crippen LogP contribution in [0.3, 0.4) is 0 Å². The van der Waals surface area contributed by atoms with Crippen molar-refractivity contribution < 1.29 is 19.1 Å². The summed E-state index contributed by atoms with van der Waals surface area (Å²) in [6, 6.07) is 7.08. The van der Waals surface area contributed by atoms with E-state index in [1.807, 2.05) is 36.4 Å². The molecule has 1 aromatic carbocycles. The van der Waals surface area contributed by atoms with Crippen LogP contribution >= 0.6 is 15.9 Å². The first-order chi connectivity index (χ1) is 15.1. The number of aromatic amines is 1. The third-order valence-electron chi connectivity index (χ3n) is 5.54. The van der Waals surface area contributed by atoms with Crippen LogP contribution in [0.25, 0.3) is 11.3 Å². The number of hydrogen-bond acceptors (Lipinski definition) is 5. The first kappa shape index (κ1) is 21.6. The van der Waals surface area contributed by atoms with E-state index in [-0.39, 0.29) is 11.9 Å². The maximum absolute atomic E-state index is 13.3. The molecule has 9 heteroatoms. The van der Waals surface area contributed by atoms with Gasteiger partial charge in [0.1, 0.15) is 11.9 Å². The standard InChI is InChI=1S/C22H25BrN4O4/c1-30-22(29)25-16-5-2-3-12-31-13-17-19(14-7-9-15(23)10-8-14)26-20(24-17)18-6-4-11-27(18)21(16)28/h2-3,7-10,16,18H,4-6,11-13H2,1H3,(H,24,26)(H,25,29)/b3-2+. The maximum atomic E-state index is 13.3. The van der Waals surface area contributed by atoms with Gasteiger partial charge in [-0.25, -0.2) is 9.78 Å². The number of alkyl carbamates (subject to hydrolysis) is 1. The fraction of sp³-hybridized carbons (Fsp3) is 0.409. The van der Waals surface area contributed by atoms with Gasteiger partial charge in [-0.2, -0.15) is 0 Å². The van der Waals surface area contributed by atoms with Crippen LogP contribution < -0.4 is 5.32 Å². The van der Waals surface area contributed by atoms with Gasteiger partial charge in [0.2, 0.25) is 5.91 Å². The van der Waals surface area contributed by atoms with E-state index in [1.54, 1.807) is 4.90 Å². The summed E-state index contributed by atoms with van der Waals surface area (Å²) in [4.78, 5) is 35.2. The first-order valence-electron chi connectivity index (χ1n) is 10.3. The van der Waals surface area contributed by atoms with Crippen molar-refractivity contribution in [3.05, 3.63) is 52.4 Å². The van der Waals surface area contributed by atoms with E-state index >= 15 is 0 Å². The molecule has 2 amide bonds. The summed E-state index contributed by atoms with van der Waals surface area (Å²) < 4.78 is 11.5. The molecule has 1 aromatic heterocycles. The van der Waals surface area contributed by atoms with E-state index in [1.165, 1.54) is 7.11 Å². The van der Waals surface area contributed by atoms with Crippen LogP contribution in [0.15, 0.2) is 40.9 Å². The van der Waals surface area contributed by atoms with Crippen LogP contribution in [-0.4, -0.2) is 53.2 Å². The van der Waals surface area contributed by atoms with Crippen LogP contribution in [0, 0.1) is 0 Å². The number of halogens is 1. The normalized spacial score (nSPS) is 22.6. The monoisotopic (exact) mass is 488 g/mol. The van der Waals surface area contributed by atoms with Crippen molar-refractivity contribution in [2.45, 2.75) is 38.0 Å². The lowest BCUT2D eigenvalue weighted by Gasteiger charge is -2.27. The minimum atomic E-state index is -0.703. The lowest BCUT2D eigenvalue weighted by molar-refractivity contribution is -0.134. The van der Waals surface area contributed by atoms with Crippen molar-refractivity contribution in [3.63, 3.8) is 0 Å². The van der Waals surface area contributed by atoms with Gasteiger partial charge in [0, 0.05) is 16.6 Å². The minimum absolute atomic E-state index is 0.138. The van der Waals surface area contributed by atoms with Crippen LogP contribution in [0.1, 0.15) is 36.8 Å². The Hall–Kier alpha value is -2.65. The quantitative estimate of drug-likeness (QED) is 0.628. The average Bonchev–Trinajstić information content (AvgIpc) is 3.42. The molecular weight excluding hydrogens is 464 g/mol. The second-order valence-corrected chi connectivity index (χ2v) is 8.47. The molecule has 0 radical (unpaired) electrons. The molecule has 2 N–H and O–H groups in total. The van der Waals surface area contributed by atoms with Gasteiger partial charge >= 0.3 is 6.09 Å². The highest BCUT2D eigenvalue weighted by Crippen LogP contribution is 2.34. The fourth-order valence-corrected chi connectivity index (χ4v) is 4.27. The first-order valence-corrected chi connectivity index (χ1v) is 11.1. The Morgan fingerprint density at radius 2 is 2.13 bits per heavy atom. The molecule has 3 heterocycles. The molecule has 2 aliphatic heterocycles. The predicted octanol–water partition coefficient (Wildman–Crippen LogP) is 3.70. The molecular formula is C22H25BrN4O4. The highest BCUT2D eigenvalue weighted by Gasteiger charge is 2.36. The summed E-state index contributed by atoms with van der Waals surface area (Å²) in [5.41, 5.74) is 2.69. The molecule has 0 saturated carbocycles. The number of carbonyl (C=O) groups excluding carboxylic acids is 2. The van der Waals surface area contributed by atoms with Crippen molar-refractivity contribution in [3.8, 4) is 11.3 Å². The van der Waals surface area contributed by atoms with Gasteiger partial charge in [-0.15, -0.1) is 0 Å². The van der Waals surface area contributed by atoms with E-state index in [4.69, 9.17) is 14.5 Å². The highest BCUT2D eigenvalue weighted by molar-refractivity contribution is 9.10. The van der Waals surface area contributed by atoms with Gasteiger partial charge in [-0.1, -0.05) is 40.2 Å². The van der Waals surface area contributed by atoms with Gasteiger partial charge in [0.25, 0.3) is 0 Å². The lowest BCUT2D eigenvalue weighted by Crippen LogP contribution is -2.48. The molecule has 31 heavy (non-hydrogen) atoms. The number of methoxy groups -OCH3 is 1. The van der Waals surface area contributed by atoms with Crippen molar-refractivity contribution in [1.82, 2.24) is 20.2 Å². The summed E-state index contributed by atoms with van der Waals surface area (Å²) in [5.74, 6) is 0.604. The Balaban J connectivity index is 1.69. The number of H-pyrrole nitrogens is 1. The Bertz CT molecular complexity index is 972. The van der Waals surface area contributed by atoms with Crippen LogP contribution in [0.5, 0.6) is 0 Å². The van der Waals surface area contributed by atoms with Crippen molar-refractivity contribution >= 4 is 27.9 Å². The number of ether oxygens (including phenoxy) is 2. The van der Waals surface area contributed by atoms with Crippen molar-refractivity contribution in [1.29, 1.82) is 0 Å². The number of benzene rings is 1. The highest BCUT2D eigenvalue weighted by atomic mass is 79.9. The average molecular weight is 489 g/mol. The van der Waals surface area contributed by atoms with E-state index < -0.39 is 12.1 Å². The molecule has 1 saturated heterocycles. The fourth-order valence-electron chi connectivity index (χ4n) is 4.01. The number of fused-ring (bicyclic) bond motifs is 4. The number of amides is 2. The van der Waals surface area contributed by atoms with E-state index in [0.29, 0.717) is 26.2 Å². The SMILES string of the molecule is COC(=O)NC1C/C=C/COCc2[nH]c(nc2-c2ccc(Br)cc2)C2CCCN2C1=O. The summed E-state index contributed by atoms with van der Waals surface area (Å²) in [5, 5.41) is 2.66. The molecule has 0 aliphatic carbocycles. The second kappa shape index (κ2) is 9.65. The lowest BCUT2D eigenvalue weighted by atomic mass is 10.1. The van der Waals surface area contributed by atoms with E-state index in [9.17, 15) is 9.59 Å².